The highest BCUT2D eigenvalue weighted by atomic mass is 16.5. The predicted octanol–water partition coefficient (Wildman–Crippen LogP) is 1.27. The van der Waals surface area contributed by atoms with Crippen LogP contribution in [0.4, 0.5) is 0 Å². The Balaban J connectivity index is 1.96. The maximum absolute atomic E-state index is 12.2. The van der Waals surface area contributed by atoms with E-state index in [0.29, 0.717) is 19.4 Å². The van der Waals surface area contributed by atoms with Gasteiger partial charge in [-0.25, -0.2) is 0 Å². The number of hydrogen-bond donors (Lipinski definition) is 1. The molecule has 2 aliphatic rings. The summed E-state index contributed by atoms with van der Waals surface area (Å²) in [7, 11) is 1.65. The lowest BCUT2D eigenvalue weighted by Gasteiger charge is -2.41. The van der Waals surface area contributed by atoms with Gasteiger partial charge < -0.3 is 14.7 Å². The van der Waals surface area contributed by atoms with E-state index in [9.17, 15) is 9.59 Å². The van der Waals surface area contributed by atoms with E-state index in [-0.39, 0.29) is 17.6 Å². The second-order valence-corrected chi connectivity index (χ2v) is 5.48. The summed E-state index contributed by atoms with van der Waals surface area (Å²) in [6, 6.07) is -0.205. The number of nitrogens with zero attached hydrogens (tertiary/aromatic N) is 1. The minimum absolute atomic E-state index is 0.0350. The molecule has 0 aromatic heterocycles. The molecule has 1 saturated heterocycles. The molecular formula is C13H21NO4. The minimum atomic E-state index is -0.803. The Morgan fingerprint density at radius 3 is 2.50 bits per heavy atom. The first-order chi connectivity index (χ1) is 8.49. The van der Waals surface area contributed by atoms with Gasteiger partial charge in [-0.2, -0.15) is 0 Å². The van der Waals surface area contributed by atoms with Crippen LogP contribution in [0, 0.1) is 5.92 Å². The van der Waals surface area contributed by atoms with Gasteiger partial charge in [0.15, 0.2) is 0 Å². The lowest BCUT2D eigenvalue weighted by molar-refractivity contribution is -0.146. The molecular weight excluding hydrogens is 234 g/mol. The fraction of sp³-hybridized carbons (Fsp3) is 0.846. The summed E-state index contributed by atoms with van der Waals surface area (Å²) in [5, 5.41) is 9.06. The van der Waals surface area contributed by atoms with Crippen LogP contribution in [0.15, 0.2) is 0 Å². The molecule has 0 aromatic rings. The highest BCUT2D eigenvalue weighted by molar-refractivity contribution is 5.80. The number of carboxylic acids is 1. The third-order valence-electron chi connectivity index (χ3n) is 4.56. The molecule has 1 N–H and O–H groups in total. The topological polar surface area (TPSA) is 66.8 Å². The number of carboxylic acid groups (broad SMARTS) is 1. The smallest absolute Gasteiger partial charge is 0.308 e. The van der Waals surface area contributed by atoms with E-state index >= 15 is 0 Å². The van der Waals surface area contributed by atoms with Crippen molar-refractivity contribution >= 4 is 11.9 Å². The zero-order chi connectivity index (χ0) is 13.3. The Kier molecular flexibility index (Phi) is 3.61. The Bertz CT molecular complexity index is 345. The Labute approximate surface area is 107 Å². The molecule has 2 unspecified atom stereocenters. The Morgan fingerprint density at radius 2 is 2.11 bits per heavy atom. The number of carbonyl (C=O) groups is 2. The number of aliphatic carboxylic acids is 1. The number of rotatable bonds is 4. The van der Waals surface area contributed by atoms with Gasteiger partial charge in [-0.05, 0) is 32.6 Å². The number of hydrogen-bond acceptors (Lipinski definition) is 3. The van der Waals surface area contributed by atoms with Crippen molar-refractivity contribution in [1.29, 1.82) is 0 Å². The molecule has 0 bridgehead atoms. The van der Waals surface area contributed by atoms with Crippen molar-refractivity contribution in [2.24, 2.45) is 5.92 Å². The van der Waals surface area contributed by atoms with Crippen molar-refractivity contribution in [3.05, 3.63) is 0 Å². The normalized spacial score (nSPS) is 30.0. The molecule has 2 rings (SSSR count). The number of carbonyl (C=O) groups excluding carboxylic acids is 1. The van der Waals surface area contributed by atoms with E-state index in [1.807, 2.05) is 6.92 Å². The van der Waals surface area contributed by atoms with Gasteiger partial charge in [0.2, 0.25) is 5.91 Å². The molecule has 2 atom stereocenters. The molecule has 18 heavy (non-hydrogen) atoms. The summed E-state index contributed by atoms with van der Waals surface area (Å²) < 4.78 is 5.45. The lowest BCUT2D eigenvalue weighted by atomic mass is 9.77. The Morgan fingerprint density at radius 1 is 1.44 bits per heavy atom. The molecule has 0 radical (unpaired) electrons. The van der Waals surface area contributed by atoms with Crippen LogP contribution >= 0.6 is 0 Å². The monoisotopic (exact) mass is 255 g/mol. The van der Waals surface area contributed by atoms with Crippen molar-refractivity contribution in [1.82, 2.24) is 4.90 Å². The lowest BCUT2D eigenvalue weighted by Crippen LogP contribution is -2.46. The van der Waals surface area contributed by atoms with Crippen molar-refractivity contribution in [3.8, 4) is 0 Å². The van der Waals surface area contributed by atoms with Gasteiger partial charge in [-0.3, -0.25) is 9.59 Å². The number of amides is 1. The molecule has 5 nitrogen and oxygen atoms in total. The molecule has 1 saturated carbocycles. The fourth-order valence-corrected chi connectivity index (χ4v) is 3.02. The standard InChI is InChI=1S/C13H21NO4/c1-9-10(12(16)17)4-7-14(9)11(15)8-13(18-2)5-3-6-13/h9-10H,3-8H2,1-2H3,(H,16,17). The molecule has 1 aliphatic heterocycles. The van der Waals surface area contributed by atoms with E-state index in [2.05, 4.69) is 0 Å². The Hall–Kier alpha value is -1.10. The van der Waals surface area contributed by atoms with Crippen LogP contribution in [0.2, 0.25) is 0 Å². The first-order valence-electron chi connectivity index (χ1n) is 6.56. The van der Waals surface area contributed by atoms with Crippen LogP contribution in [-0.4, -0.2) is 47.2 Å². The van der Waals surface area contributed by atoms with Gasteiger partial charge in [0.1, 0.15) is 0 Å². The predicted molar refractivity (Wildman–Crippen MR) is 65.1 cm³/mol. The SMILES string of the molecule is COC1(CC(=O)N2CCC(C(=O)O)C2C)CCC1. The zero-order valence-electron chi connectivity index (χ0n) is 11.0. The van der Waals surface area contributed by atoms with Gasteiger partial charge in [0.25, 0.3) is 0 Å². The van der Waals surface area contributed by atoms with E-state index in [0.717, 1.165) is 19.3 Å². The summed E-state index contributed by atoms with van der Waals surface area (Å²) in [5.74, 6) is -1.19. The van der Waals surface area contributed by atoms with E-state index in [4.69, 9.17) is 9.84 Å². The van der Waals surface area contributed by atoms with Gasteiger partial charge in [-0.15, -0.1) is 0 Å². The molecule has 1 aliphatic carbocycles. The van der Waals surface area contributed by atoms with Crippen LogP contribution in [0.1, 0.15) is 39.0 Å². The average Bonchev–Trinajstić information content (AvgIpc) is 2.65. The highest BCUT2D eigenvalue weighted by Crippen LogP contribution is 2.39. The van der Waals surface area contributed by atoms with Crippen LogP contribution in [0.25, 0.3) is 0 Å². The quantitative estimate of drug-likeness (QED) is 0.821. The molecule has 2 fully saturated rings. The van der Waals surface area contributed by atoms with Gasteiger partial charge >= 0.3 is 5.97 Å². The molecule has 5 heteroatoms. The van der Waals surface area contributed by atoms with Gasteiger partial charge in [-0.1, -0.05) is 0 Å². The van der Waals surface area contributed by atoms with E-state index < -0.39 is 11.9 Å². The van der Waals surface area contributed by atoms with Crippen molar-refractivity contribution < 1.29 is 19.4 Å². The molecule has 0 spiro atoms. The number of likely N-dealkylation sites (tertiary alicyclic amines) is 1. The van der Waals surface area contributed by atoms with E-state index in [1.54, 1.807) is 12.0 Å². The van der Waals surface area contributed by atoms with Gasteiger partial charge in [0.05, 0.1) is 17.9 Å². The highest BCUT2D eigenvalue weighted by Gasteiger charge is 2.43. The fourth-order valence-electron chi connectivity index (χ4n) is 3.02. The summed E-state index contributed by atoms with van der Waals surface area (Å²) in [5.41, 5.74) is -0.280. The molecule has 1 heterocycles. The molecule has 1 amide bonds. The average molecular weight is 255 g/mol. The van der Waals surface area contributed by atoms with Crippen LogP contribution in [0.5, 0.6) is 0 Å². The second-order valence-electron chi connectivity index (χ2n) is 5.48. The number of methoxy groups -OCH3 is 1. The van der Waals surface area contributed by atoms with Crippen LogP contribution in [0.3, 0.4) is 0 Å². The van der Waals surface area contributed by atoms with Crippen molar-refractivity contribution in [2.45, 2.75) is 50.7 Å². The van der Waals surface area contributed by atoms with E-state index in [1.165, 1.54) is 0 Å². The maximum atomic E-state index is 12.2. The number of ether oxygens (including phenoxy) is 1. The summed E-state index contributed by atoms with van der Waals surface area (Å²) in [6.45, 7) is 2.38. The van der Waals surface area contributed by atoms with Crippen molar-refractivity contribution in [3.63, 3.8) is 0 Å². The largest absolute Gasteiger partial charge is 0.481 e. The second kappa shape index (κ2) is 4.88. The first kappa shape index (κ1) is 13.3. The molecule has 102 valence electrons. The first-order valence-corrected chi connectivity index (χ1v) is 6.56. The summed E-state index contributed by atoms with van der Waals surface area (Å²) in [6.07, 6.45) is 3.91. The van der Waals surface area contributed by atoms with Crippen LogP contribution < -0.4 is 0 Å². The molecule has 0 aromatic carbocycles. The van der Waals surface area contributed by atoms with Gasteiger partial charge in [0, 0.05) is 19.7 Å². The maximum Gasteiger partial charge on any atom is 0.308 e. The van der Waals surface area contributed by atoms with Crippen molar-refractivity contribution in [2.75, 3.05) is 13.7 Å². The third-order valence-corrected chi connectivity index (χ3v) is 4.56. The zero-order valence-corrected chi connectivity index (χ0v) is 11.0. The van der Waals surface area contributed by atoms with Crippen LogP contribution in [-0.2, 0) is 14.3 Å². The summed E-state index contributed by atoms with van der Waals surface area (Å²) in [4.78, 5) is 25.0. The summed E-state index contributed by atoms with van der Waals surface area (Å²) >= 11 is 0. The minimum Gasteiger partial charge on any atom is -0.481 e. The third kappa shape index (κ3) is 2.23.